The van der Waals surface area contributed by atoms with Crippen LogP contribution in [-0.4, -0.2) is 56.6 Å². The van der Waals surface area contributed by atoms with Crippen molar-refractivity contribution in [2.75, 3.05) is 26.2 Å². The van der Waals surface area contributed by atoms with E-state index in [4.69, 9.17) is 0 Å². The van der Waals surface area contributed by atoms with Gasteiger partial charge in [-0.3, -0.25) is 9.69 Å². The maximum atomic E-state index is 13.8. The molecular formula is C18H21F2N5O3. The van der Waals surface area contributed by atoms with E-state index >= 15 is 0 Å². The molecule has 0 spiro atoms. The molecule has 1 atom stereocenters. The molecule has 1 fully saturated rings. The lowest BCUT2D eigenvalue weighted by molar-refractivity contribution is -0.389. The summed E-state index contributed by atoms with van der Waals surface area (Å²) in [6.07, 6.45) is 0. The number of carbonyl (C=O) groups excluding carboxylic acids is 1. The molecule has 3 rings (SSSR count). The third-order valence-corrected chi connectivity index (χ3v) is 4.93. The molecule has 1 unspecified atom stereocenters. The highest BCUT2D eigenvalue weighted by atomic mass is 19.2. The van der Waals surface area contributed by atoms with E-state index in [9.17, 15) is 23.7 Å². The number of piperazine rings is 1. The average molecular weight is 393 g/mol. The number of hydrogen-bond acceptors (Lipinski definition) is 5. The fraction of sp³-hybridized carbons (Fsp3) is 0.444. The van der Waals surface area contributed by atoms with E-state index in [1.807, 2.05) is 4.90 Å². The average Bonchev–Trinajstić information content (AvgIpc) is 3.07. The van der Waals surface area contributed by atoms with Crippen LogP contribution in [0.25, 0.3) is 0 Å². The van der Waals surface area contributed by atoms with Gasteiger partial charge in [0.25, 0.3) is 0 Å². The van der Waals surface area contributed by atoms with Crippen molar-refractivity contribution in [2.45, 2.75) is 26.4 Å². The maximum Gasteiger partial charge on any atom is 0.390 e. The van der Waals surface area contributed by atoms with Crippen molar-refractivity contribution in [3.8, 4) is 0 Å². The molecule has 0 N–H and O–H groups in total. The molecule has 150 valence electrons. The molecule has 0 aliphatic carbocycles. The minimum absolute atomic E-state index is 0.183. The maximum absolute atomic E-state index is 13.8. The van der Waals surface area contributed by atoms with Gasteiger partial charge in [-0.25, -0.2) is 8.78 Å². The van der Waals surface area contributed by atoms with Gasteiger partial charge in [-0.15, -0.1) is 0 Å². The standard InChI is InChI=1S/C18H21F2N5O3/c1-12-10-16(25(27)28)21-24(12)13(2)18(26)23-8-6-22(7-9-23)11-14-4-3-5-15(19)17(14)20/h3-5,10,13H,6-9,11H2,1-2H3. The molecule has 10 heteroatoms. The third kappa shape index (κ3) is 4.01. The summed E-state index contributed by atoms with van der Waals surface area (Å²) in [6, 6.07) is 4.76. The summed E-state index contributed by atoms with van der Waals surface area (Å²) in [4.78, 5) is 26.7. The van der Waals surface area contributed by atoms with Gasteiger partial charge >= 0.3 is 5.82 Å². The Labute approximate surface area is 160 Å². The third-order valence-electron chi connectivity index (χ3n) is 4.93. The molecule has 1 aliphatic heterocycles. The molecule has 1 aromatic carbocycles. The van der Waals surface area contributed by atoms with E-state index in [2.05, 4.69) is 5.10 Å². The van der Waals surface area contributed by atoms with Crippen molar-refractivity contribution in [3.63, 3.8) is 0 Å². The van der Waals surface area contributed by atoms with Gasteiger partial charge in [0.15, 0.2) is 11.6 Å². The van der Waals surface area contributed by atoms with E-state index in [-0.39, 0.29) is 23.8 Å². The van der Waals surface area contributed by atoms with E-state index < -0.39 is 22.6 Å². The summed E-state index contributed by atoms with van der Waals surface area (Å²) in [5.41, 5.74) is 0.820. The summed E-state index contributed by atoms with van der Waals surface area (Å²) in [6.45, 7) is 5.49. The molecule has 2 aromatic rings. The van der Waals surface area contributed by atoms with Crippen LogP contribution in [-0.2, 0) is 11.3 Å². The van der Waals surface area contributed by atoms with E-state index in [0.29, 0.717) is 31.9 Å². The SMILES string of the molecule is Cc1cc([N+](=O)[O-])nn1C(C)C(=O)N1CCN(Cc2cccc(F)c2F)CC1. The molecule has 0 radical (unpaired) electrons. The molecule has 28 heavy (non-hydrogen) atoms. The highest BCUT2D eigenvalue weighted by Gasteiger charge is 2.30. The predicted molar refractivity (Wildman–Crippen MR) is 96.5 cm³/mol. The van der Waals surface area contributed by atoms with Crippen molar-refractivity contribution in [1.82, 2.24) is 19.6 Å². The topological polar surface area (TPSA) is 84.5 Å². The van der Waals surface area contributed by atoms with Crippen LogP contribution in [0.5, 0.6) is 0 Å². The predicted octanol–water partition coefficient (Wildman–Crippen LogP) is 2.28. The molecule has 1 aromatic heterocycles. The van der Waals surface area contributed by atoms with Crippen LogP contribution < -0.4 is 0 Å². The van der Waals surface area contributed by atoms with Gasteiger partial charge in [-0.2, -0.15) is 4.68 Å². The summed E-state index contributed by atoms with van der Waals surface area (Å²) in [5, 5.41) is 14.8. The van der Waals surface area contributed by atoms with E-state index in [0.717, 1.165) is 6.07 Å². The second-order valence-corrected chi connectivity index (χ2v) is 6.84. The first kappa shape index (κ1) is 19.9. The molecule has 0 bridgehead atoms. The van der Waals surface area contributed by atoms with Gasteiger partial charge in [-0.05, 0) is 24.8 Å². The first-order valence-electron chi connectivity index (χ1n) is 8.92. The number of nitrogens with zero attached hydrogens (tertiary/aromatic N) is 5. The molecule has 1 saturated heterocycles. The van der Waals surface area contributed by atoms with Crippen LogP contribution in [0.1, 0.15) is 24.2 Å². The number of nitro groups is 1. The van der Waals surface area contributed by atoms with Crippen LogP contribution in [0, 0.1) is 28.7 Å². The lowest BCUT2D eigenvalue weighted by Crippen LogP contribution is -2.50. The highest BCUT2D eigenvalue weighted by Crippen LogP contribution is 2.20. The summed E-state index contributed by atoms with van der Waals surface area (Å²) in [5.74, 6) is -2.19. The first-order valence-corrected chi connectivity index (χ1v) is 8.92. The molecular weight excluding hydrogens is 372 g/mol. The normalized spacial score (nSPS) is 16.2. The zero-order chi connectivity index (χ0) is 20.4. The zero-order valence-electron chi connectivity index (χ0n) is 15.6. The largest absolute Gasteiger partial charge is 0.390 e. The Balaban J connectivity index is 1.60. The number of aromatic nitrogens is 2. The van der Waals surface area contributed by atoms with E-state index in [1.165, 1.54) is 16.8 Å². The Morgan fingerprint density at radius 1 is 1.29 bits per heavy atom. The Hall–Kier alpha value is -2.88. The van der Waals surface area contributed by atoms with Crippen LogP contribution in [0.4, 0.5) is 14.6 Å². The molecule has 1 amide bonds. The smallest absolute Gasteiger partial charge is 0.358 e. The molecule has 2 heterocycles. The molecule has 8 nitrogen and oxygen atoms in total. The number of halogens is 2. The lowest BCUT2D eigenvalue weighted by atomic mass is 10.1. The van der Waals surface area contributed by atoms with Gasteiger partial charge in [0, 0.05) is 38.3 Å². The van der Waals surface area contributed by atoms with Gasteiger partial charge in [-0.1, -0.05) is 12.1 Å². The number of hydrogen-bond donors (Lipinski definition) is 0. The fourth-order valence-corrected chi connectivity index (χ4v) is 3.36. The minimum atomic E-state index is -0.871. The fourth-order valence-electron chi connectivity index (χ4n) is 3.36. The van der Waals surface area contributed by atoms with Crippen molar-refractivity contribution in [1.29, 1.82) is 0 Å². The lowest BCUT2D eigenvalue weighted by Gasteiger charge is -2.35. The highest BCUT2D eigenvalue weighted by molar-refractivity contribution is 5.80. The number of carbonyl (C=O) groups is 1. The monoisotopic (exact) mass is 393 g/mol. The first-order chi connectivity index (χ1) is 13.3. The van der Waals surface area contributed by atoms with Gasteiger partial charge < -0.3 is 15.0 Å². The van der Waals surface area contributed by atoms with Gasteiger partial charge in [0.05, 0.1) is 16.9 Å². The Bertz CT molecular complexity index is 893. The summed E-state index contributed by atoms with van der Waals surface area (Å²) < 4.78 is 28.5. The second-order valence-electron chi connectivity index (χ2n) is 6.84. The number of rotatable bonds is 5. The molecule has 1 aliphatic rings. The number of amides is 1. The van der Waals surface area contributed by atoms with Crippen molar-refractivity contribution in [2.24, 2.45) is 0 Å². The number of aryl methyl sites for hydroxylation is 1. The van der Waals surface area contributed by atoms with Crippen molar-refractivity contribution in [3.05, 3.63) is 57.3 Å². The van der Waals surface area contributed by atoms with Gasteiger partial charge in [0.2, 0.25) is 5.91 Å². The van der Waals surface area contributed by atoms with Crippen LogP contribution in [0.2, 0.25) is 0 Å². The van der Waals surface area contributed by atoms with Crippen LogP contribution >= 0.6 is 0 Å². The summed E-state index contributed by atoms with van der Waals surface area (Å²) >= 11 is 0. The second kappa shape index (κ2) is 8.01. The minimum Gasteiger partial charge on any atom is -0.358 e. The summed E-state index contributed by atoms with van der Waals surface area (Å²) in [7, 11) is 0. The quantitative estimate of drug-likeness (QED) is 0.575. The Morgan fingerprint density at radius 2 is 1.96 bits per heavy atom. The Morgan fingerprint density at radius 3 is 2.57 bits per heavy atom. The Kier molecular flexibility index (Phi) is 5.68. The van der Waals surface area contributed by atoms with Crippen molar-refractivity contribution >= 4 is 11.7 Å². The molecule has 0 saturated carbocycles. The van der Waals surface area contributed by atoms with Gasteiger partial charge in [0.1, 0.15) is 6.04 Å². The number of benzene rings is 1. The zero-order valence-corrected chi connectivity index (χ0v) is 15.6. The van der Waals surface area contributed by atoms with E-state index in [1.54, 1.807) is 24.8 Å². The van der Waals surface area contributed by atoms with Crippen LogP contribution in [0.15, 0.2) is 24.3 Å². The van der Waals surface area contributed by atoms with Crippen molar-refractivity contribution < 1.29 is 18.5 Å². The van der Waals surface area contributed by atoms with Crippen LogP contribution in [0.3, 0.4) is 0 Å².